The summed E-state index contributed by atoms with van der Waals surface area (Å²) in [4.78, 5) is 6.01. The number of methoxy groups -OCH3 is 1. The molecule has 0 bridgehead atoms. The van der Waals surface area contributed by atoms with Gasteiger partial charge in [0.2, 0.25) is 0 Å². The first-order valence-electron chi connectivity index (χ1n) is 6.66. The van der Waals surface area contributed by atoms with Gasteiger partial charge in [-0.25, -0.2) is 0 Å². The Balaban J connectivity index is 1.79. The molecule has 0 saturated carbocycles. The van der Waals surface area contributed by atoms with E-state index in [0.29, 0.717) is 0 Å². The Kier molecular flexibility index (Phi) is 5.36. The Morgan fingerprint density at radius 1 is 1.26 bits per heavy atom. The zero-order valence-electron chi connectivity index (χ0n) is 11.8. The van der Waals surface area contributed by atoms with Crippen molar-refractivity contribution in [1.29, 1.82) is 0 Å². The lowest BCUT2D eigenvalue weighted by Gasteiger charge is -2.32. The highest BCUT2D eigenvalue weighted by atomic mass is 32.2. The maximum atomic E-state index is 5.98. The minimum absolute atomic E-state index is 0.837. The van der Waals surface area contributed by atoms with Crippen LogP contribution >= 0.6 is 11.8 Å². The van der Waals surface area contributed by atoms with Crippen molar-refractivity contribution in [3.8, 4) is 5.75 Å². The predicted molar refractivity (Wildman–Crippen MR) is 82.1 cm³/mol. The zero-order valence-corrected chi connectivity index (χ0v) is 12.6. The van der Waals surface area contributed by atoms with Crippen LogP contribution in [0.4, 0.5) is 5.69 Å². The normalized spacial score (nSPS) is 17.6. The van der Waals surface area contributed by atoms with E-state index in [2.05, 4.69) is 16.8 Å². The quantitative estimate of drug-likeness (QED) is 0.656. The van der Waals surface area contributed by atoms with E-state index < -0.39 is 0 Å². The van der Waals surface area contributed by atoms with Gasteiger partial charge in [-0.1, -0.05) is 0 Å². The lowest BCUT2D eigenvalue weighted by Crippen LogP contribution is -2.45. The highest BCUT2D eigenvalue weighted by Gasteiger charge is 2.13. The number of nitrogens with zero attached hydrogens (tertiary/aromatic N) is 2. The fourth-order valence-electron chi connectivity index (χ4n) is 2.12. The molecule has 1 saturated heterocycles. The molecule has 0 radical (unpaired) electrons. The average Bonchev–Trinajstić information content (AvgIpc) is 2.43. The van der Waals surface area contributed by atoms with E-state index in [9.17, 15) is 0 Å². The molecule has 106 valence electrons. The van der Waals surface area contributed by atoms with E-state index in [1.54, 1.807) is 7.11 Å². The van der Waals surface area contributed by atoms with Crippen LogP contribution in [0, 0.1) is 0 Å². The molecule has 0 atom stereocenters. The van der Waals surface area contributed by atoms with Crippen LogP contribution in [-0.2, 0) is 0 Å². The van der Waals surface area contributed by atoms with E-state index in [1.807, 2.05) is 30.0 Å². The van der Waals surface area contributed by atoms with Gasteiger partial charge in [0.25, 0.3) is 0 Å². The van der Waals surface area contributed by atoms with Crippen LogP contribution in [0.25, 0.3) is 0 Å². The summed E-state index contributed by atoms with van der Waals surface area (Å²) in [5.41, 5.74) is 6.82. The van der Waals surface area contributed by atoms with Gasteiger partial charge in [0, 0.05) is 49.1 Å². The van der Waals surface area contributed by atoms with Gasteiger partial charge in [0.1, 0.15) is 5.75 Å². The minimum atomic E-state index is 0.837. The monoisotopic (exact) mass is 281 g/mol. The van der Waals surface area contributed by atoms with Crippen LogP contribution < -0.4 is 10.5 Å². The van der Waals surface area contributed by atoms with Gasteiger partial charge in [-0.2, -0.15) is 0 Å². The number of nitrogen functional groups attached to an aromatic ring is 1. The van der Waals surface area contributed by atoms with E-state index in [-0.39, 0.29) is 0 Å². The van der Waals surface area contributed by atoms with E-state index in [1.165, 1.54) is 26.2 Å². The summed E-state index contributed by atoms with van der Waals surface area (Å²) in [6.07, 6.45) is 0. The summed E-state index contributed by atoms with van der Waals surface area (Å²) in [5, 5.41) is 0. The van der Waals surface area contributed by atoms with Gasteiger partial charge < -0.3 is 15.4 Å². The van der Waals surface area contributed by atoms with Gasteiger partial charge in [-0.3, -0.25) is 4.90 Å². The summed E-state index contributed by atoms with van der Waals surface area (Å²) in [7, 11) is 3.87. The number of nitrogens with two attached hydrogens (primary N) is 1. The molecule has 1 aromatic carbocycles. The molecular weight excluding hydrogens is 258 g/mol. The molecule has 0 aliphatic carbocycles. The second kappa shape index (κ2) is 7.03. The second-order valence-corrected chi connectivity index (χ2v) is 6.03. The molecule has 19 heavy (non-hydrogen) atoms. The lowest BCUT2D eigenvalue weighted by molar-refractivity contribution is 0.161. The van der Waals surface area contributed by atoms with Crippen molar-refractivity contribution < 1.29 is 4.74 Å². The zero-order chi connectivity index (χ0) is 13.7. The molecule has 0 aromatic heterocycles. The fraction of sp³-hybridized carbons (Fsp3) is 0.571. The van der Waals surface area contributed by atoms with Crippen LogP contribution in [0.15, 0.2) is 23.1 Å². The van der Waals surface area contributed by atoms with Crippen LogP contribution in [0.5, 0.6) is 5.75 Å². The van der Waals surface area contributed by atoms with E-state index in [4.69, 9.17) is 10.5 Å². The van der Waals surface area contributed by atoms with Crippen molar-refractivity contribution in [3.63, 3.8) is 0 Å². The number of ether oxygens (including phenoxy) is 1. The van der Waals surface area contributed by atoms with Gasteiger partial charge in [-0.05, 0) is 25.2 Å². The fourth-order valence-corrected chi connectivity index (χ4v) is 3.13. The van der Waals surface area contributed by atoms with Crippen molar-refractivity contribution in [2.24, 2.45) is 0 Å². The molecule has 2 N–H and O–H groups in total. The summed E-state index contributed by atoms with van der Waals surface area (Å²) in [6, 6.07) is 5.83. The molecule has 1 aromatic rings. The summed E-state index contributed by atoms with van der Waals surface area (Å²) in [5.74, 6) is 1.94. The SMILES string of the molecule is COc1ccc(N)c(SCCN2CCN(C)CC2)c1. The van der Waals surface area contributed by atoms with Gasteiger partial charge in [0.05, 0.1) is 7.11 Å². The lowest BCUT2D eigenvalue weighted by atomic mass is 10.3. The molecule has 1 aliphatic heterocycles. The molecular formula is C14H23N3OS. The van der Waals surface area contributed by atoms with Crippen molar-refractivity contribution >= 4 is 17.4 Å². The predicted octanol–water partition coefficient (Wildman–Crippen LogP) is 1.62. The molecule has 2 rings (SSSR count). The standard InChI is InChI=1S/C14H23N3OS/c1-16-5-7-17(8-6-16)9-10-19-14-11-12(18-2)3-4-13(14)15/h3-4,11H,5-10,15H2,1-2H3. The first kappa shape index (κ1) is 14.5. The largest absolute Gasteiger partial charge is 0.497 e. The molecule has 4 nitrogen and oxygen atoms in total. The Morgan fingerprint density at radius 3 is 2.68 bits per heavy atom. The third kappa shape index (κ3) is 4.30. The number of thioether (sulfide) groups is 1. The first-order valence-corrected chi connectivity index (χ1v) is 7.65. The molecule has 0 amide bonds. The third-order valence-corrected chi connectivity index (χ3v) is 4.53. The number of likely N-dealkylation sites (N-methyl/N-ethyl adjacent to an activating group) is 1. The summed E-state index contributed by atoms with van der Waals surface area (Å²) < 4.78 is 5.23. The minimum Gasteiger partial charge on any atom is -0.497 e. The number of rotatable bonds is 5. The van der Waals surface area contributed by atoms with Gasteiger partial charge in [0.15, 0.2) is 0 Å². The number of hydrogen-bond acceptors (Lipinski definition) is 5. The topological polar surface area (TPSA) is 41.7 Å². The number of piperazine rings is 1. The Hall–Kier alpha value is -0.910. The van der Waals surface area contributed by atoms with Gasteiger partial charge in [-0.15, -0.1) is 11.8 Å². The summed E-state index contributed by atoms with van der Waals surface area (Å²) >= 11 is 1.81. The summed E-state index contributed by atoms with van der Waals surface area (Å²) in [6.45, 7) is 5.81. The highest BCUT2D eigenvalue weighted by molar-refractivity contribution is 7.99. The van der Waals surface area contributed by atoms with Crippen molar-refractivity contribution in [2.45, 2.75) is 4.90 Å². The molecule has 0 unspecified atom stereocenters. The highest BCUT2D eigenvalue weighted by Crippen LogP contribution is 2.29. The van der Waals surface area contributed by atoms with Crippen molar-refractivity contribution in [3.05, 3.63) is 18.2 Å². The molecule has 1 aliphatic rings. The number of hydrogen-bond donors (Lipinski definition) is 1. The van der Waals surface area contributed by atoms with Crippen LogP contribution in [-0.4, -0.2) is 62.4 Å². The van der Waals surface area contributed by atoms with E-state index >= 15 is 0 Å². The Bertz CT molecular complexity index is 406. The molecule has 0 spiro atoms. The van der Waals surface area contributed by atoms with E-state index in [0.717, 1.165) is 28.6 Å². The molecule has 1 fully saturated rings. The van der Waals surface area contributed by atoms with Crippen molar-refractivity contribution in [1.82, 2.24) is 9.80 Å². The average molecular weight is 281 g/mol. The number of anilines is 1. The Labute approximate surface area is 119 Å². The van der Waals surface area contributed by atoms with Crippen LogP contribution in [0.3, 0.4) is 0 Å². The smallest absolute Gasteiger partial charge is 0.120 e. The molecule has 1 heterocycles. The number of benzene rings is 1. The first-order chi connectivity index (χ1) is 9.19. The van der Waals surface area contributed by atoms with Crippen LogP contribution in [0.1, 0.15) is 0 Å². The maximum absolute atomic E-state index is 5.98. The maximum Gasteiger partial charge on any atom is 0.120 e. The molecule has 5 heteroatoms. The van der Waals surface area contributed by atoms with Crippen LogP contribution in [0.2, 0.25) is 0 Å². The second-order valence-electron chi connectivity index (χ2n) is 4.90. The van der Waals surface area contributed by atoms with Crippen molar-refractivity contribution in [2.75, 3.05) is 58.4 Å². The van der Waals surface area contributed by atoms with Gasteiger partial charge >= 0.3 is 0 Å². The Morgan fingerprint density at radius 2 is 2.00 bits per heavy atom. The third-order valence-electron chi connectivity index (χ3n) is 3.48.